The molecule has 0 aliphatic carbocycles. The molecule has 14 heavy (non-hydrogen) atoms. The van der Waals surface area contributed by atoms with Gasteiger partial charge in [0.1, 0.15) is 12.4 Å². The summed E-state index contributed by atoms with van der Waals surface area (Å²) >= 11 is 0. The van der Waals surface area contributed by atoms with E-state index in [2.05, 4.69) is 0 Å². The molecule has 0 saturated heterocycles. The topological polar surface area (TPSA) is 46.2 Å². The third-order valence-electron chi connectivity index (χ3n) is 1.91. The lowest BCUT2D eigenvalue weighted by Crippen LogP contribution is -2.36. The molecule has 0 aromatic heterocycles. The van der Waals surface area contributed by atoms with Crippen molar-refractivity contribution in [3.63, 3.8) is 0 Å². The van der Waals surface area contributed by atoms with Gasteiger partial charge < -0.3 is 10.8 Å². The molecule has 0 heterocycles. The summed E-state index contributed by atoms with van der Waals surface area (Å²) in [5.74, 6) is -4.31. The second-order valence-corrected chi connectivity index (χ2v) is 2.92. The van der Waals surface area contributed by atoms with Crippen LogP contribution in [-0.4, -0.2) is 17.6 Å². The quantitative estimate of drug-likeness (QED) is 0.784. The molecule has 2 nitrogen and oxygen atoms in total. The van der Waals surface area contributed by atoms with Gasteiger partial charge in [0, 0.05) is 5.56 Å². The molecule has 0 amide bonds. The summed E-state index contributed by atoms with van der Waals surface area (Å²) in [5, 5.41) is 8.36. The Kier molecular flexibility index (Phi) is 3.13. The van der Waals surface area contributed by atoms with Gasteiger partial charge in [-0.1, -0.05) is 18.2 Å². The van der Waals surface area contributed by atoms with Crippen LogP contribution in [0.5, 0.6) is 0 Å². The van der Waals surface area contributed by atoms with Gasteiger partial charge in [-0.05, 0) is 6.07 Å². The van der Waals surface area contributed by atoms with Crippen molar-refractivity contribution in [3.8, 4) is 0 Å². The molecule has 1 aromatic carbocycles. The summed E-state index contributed by atoms with van der Waals surface area (Å²) in [6, 6.07) is 3.18. The third-order valence-corrected chi connectivity index (χ3v) is 1.91. The van der Waals surface area contributed by atoms with Gasteiger partial charge in [-0.25, -0.2) is 13.2 Å². The van der Waals surface area contributed by atoms with Crippen molar-refractivity contribution >= 4 is 0 Å². The molecule has 0 radical (unpaired) electrons. The van der Waals surface area contributed by atoms with Crippen LogP contribution < -0.4 is 5.73 Å². The van der Waals surface area contributed by atoms with Crippen LogP contribution in [0.2, 0.25) is 0 Å². The molecule has 3 N–H and O–H groups in total. The first-order valence-corrected chi connectivity index (χ1v) is 3.97. The highest BCUT2D eigenvalue weighted by molar-refractivity contribution is 5.22. The Hall–Kier alpha value is -1.07. The number of halogens is 3. The van der Waals surface area contributed by atoms with E-state index in [-0.39, 0.29) is 5.56 Å². The summed E-state index contributed by atoms with van der Waals surface area (Å²) < 4.78 is 38.8. The molecule has 0 saturated carbocycles. The van der Waals surface area contributed by atoms with Gasteiger partial charge in [0.15, 0.2) is 0 Å². The zero-order chi connectivity index (χ0) is 10.8. The Labute approximate surface area is 79.2 Å². The fraction of sp³-hybridized carbons (Fsp3) is 0.333. The molecule has 1 rings (SSSR count). The van der Waals surface area contributed by atoms with E-state index in [1.807, 2.05) is 0 Å². The van der Waals surface area contributed by atoms with Crippen molar-refractivity contribution < 1.29 is 18.3 Å². The third kappa shape index (κ3) is 2.05. The Balaban J connectivity index is 3.00. The maximum atomic E-state index is 13.0. The van der Waals surface area contributed by atoms with Crippen LogP contribution in [-0.2, 0) is 0 Å². The minimum absolute atomic E-state index is 0.299. The van der Waals surface area contributed by atoms with E-state index in [4.69, 9.17) is 10.8 Å². The number of aliphatic hydroxyl groups is 1. The van der Waals surface area contributed by atoms with Crippen LogP contribution in [0, 0.1) is 5.82 Å². The largest absolute Gasteiger partial charge is 0.390 e. The smallest absolute Gasteiger partial charge is 0.289 e. The van der Waals surface area contributed by atoms with Gasteiger partial charge in [0.05, 0.1) is 6.04 Å². The molecule has 0 unspecified atom stereocenters. The molecular weight excluding hydrogens is 195 g/mol. The lowest BCUT2D eigenvalue weighted by atomic mass is 10.0. The van der Waals surface area contributed by atoms with E-state index >= 15 is 0 Å². The molecule has 0 aliphatic rings. The first-order chi connectivity index (χ1) is 6.49. The Bertz CT molecular complexity index is 317. The predicted octanol–water partition coefficient (Wildman–Crippen LogP) is 1.45. The number of hydrogen-bond donors (Lipinski definition) is 2. The molecular formula is C9H10F3NO. The molecule has 0 bridgehead atoms. The maximum absolute atomic E-state index is 13.0. The van der Waals surface area contributed by atoms with Crippen LogP contribution in [0.15, 0.2) is 24.3 Å². The highest BCUT2D eigenvalue weighted by atomic mass is 19.3. The zero-order valence-corrected chi connectivity index (χ0v) is 7.25. The number of nitrogens with two attached hydrogens (primary N) is 1. The molecule has 5 heteroatoms. The van der Waals surface area contributed by atoms with Crippen molar-refractivity contribution in [2.45, 2.75) is 12.0 Å². The molecule has 78 valence electrons. The summed E-state index contributed by atoms with van der Waals surface area (Å²) in [6.07, 6.45) is 0. The Morgan fingerprint density at radius 3 is 2.43 bits per heavy atom. The lowest BCUT2D eigenvalue weighted by Gasteiger charge is -2.21. The average molecular weight is 205 g/mol. The van der Waals surface area contributed by atoms with E-state index in [1.54, 1.807) is 0 Å². The van der Waals surface area contributed by atoms with Crippen LogP contribution in [0.3, 0.4) is 0 Å². The van der Waals surface area contributed by atoms with Gasteiger partial charge in [0.25, 0.3) is 5.92 Å². The van der Waals surface area contributed by atoms with Gasteiger partial charge in [-0.15, -0.1) is 0 Å². The van der Waals surface area contributed by atoms with E-state index in [9.17, 15) is 13.2 Å². The number of rotatable bonds is 3. The molecule has 1 aromatic rings. The Morgan fingerprint density at radius 2 is 1.93 bits per heavy atom. The van der Waals surface area contributed by atoms with Crippen molar-refractivity contribution in [2.75, 3.05) is 6.61 Å². The van der Waals surface area contributed by atoms with Gasteiger partial charge >= 0.3 is 0 Å². The normalized spacial score (nSPS) is 14.1. The summed E-state index contributed by atoms with van der Waals surface area (Å²) in [5.41, 5.74) is 4.83. The summed E-state index contributed by atoms with van der Waals surface area (Å²) in [6.45, 7) is -1.40. The molecule has 0 spiro atoms. The van der Waals surface area contributed by atoms with Crippen LogP contribution in [0.4, 0.5) is 13.2 Å². The summed E-state index contributed by atoms with van der Waals surface area (Å²) in [4.78, 5) is 0. The first kappa shape index (κ1) is 11.0. The number of benzene rings is 1. The zero-order valence-electron chi connectivity index (χ0n) is 7.25. The number of alkyl halides is 2. The fourth-order valence-corrected chi connectivity index (χ4v) is 1.05. The second-order valence-electron chi connectivity index (χ2n) is 2.92. The van der Waals surface area contributed by atoms with E-state index < -0.39 is 24.4 Å². The molecule has 0 fully saturated rings. The van der Waals surface area contributed by atoms with Crippen LogP contribution in [0.1, 0.15) is 11.6 Å². The first-order valence-electron chi connectivity index (χ1n) is 3.97. The highest BCUT2D eigenvalue weighted by Gasteiger charge is 2.38. The van der Waals surface area contributed by atoms with Crippen molar-refractivity contribution in [2.24, 2.45) is 5.73 Å². The maximum Gasteiger partial charge on any atom is 0.289 e. The molecule has 0 aliphatic heterocycles. The minimum Gasteiger partial charge on any atom is -0.390 e. The number of hydrogen-bond acceptors (Lipinski definition) is 2. The van der Waals surface area contributed by atoms with Crippen molar-refractivity contribution in [3.05, 3.63) is 35.6 Å². The van der Waals surface area contributed by atoms with Gasteiger partial charge in [-0.2, -0.15) is 0 Å². The standard InChI is InChI=1S/C9H10F3NO/c10-7-4-2-1-3-6(7)8(13)9(11,12)5-14/h1-4,8,14H,5,13H2/t8-/m1/s1. The fourth-order valence-electron chi connectivity index (χ4n) is 1.05. The van der Waals surface area contributed by atoms with Crippen LogP contribution in [0.25, 0.3) is 0 Å². The highest BCUT2D eigenvalue weighted by Crippen LogP contribution is 2.29. The van der Waals surface area contributed by atoms with E-state index in [0.717, 1.165) is 6.07 Å². The van der Waals surface area contributed by atoms with Gasteiger partial charge in [-0.3, -0.25) is 0 Å². The average Bonchev–Trinajstić information content (AvgIpc) is 2.17. The van der Waals surface area contributed by atoms with E-state index in [1.165, 1.54) is 18.2 Å². The minimum atomic E-state index is -3.51. The van der Waals surface area contributed by atoms with E-state index in [0.29, 0.717) is 0 Å². The monoisotopic (exact) mass is 205 g/mol. The number of aliphatic hydroxyl groups excluding tert-OH is 1. The van der Waals surface area contributed by atoms with Crippen molar-refractivity contribution in [1.29, 1.82) is 0 Å². The van der Waals surface area contributed by atoms with Gasteiger partial charge in [0.2, 0.25) is 0 Å². The summed E-state index contributed by atoms with van der Waals surface area (Å²) in [7, 11) is 0. The predicted molar refractivity (Wildman–Crippen MR) is 45.4 cm³/mol. The Morgan fingerprint density at radius 1 is 1.36 bits per heavy atom. The lowest BCUT2D eigenvalue weighted by molar-refractivity contribution is -0.0718. The second kappa shape index (κ2) is 3.98. The van der Waals surface area contributed by atoms with Crippen LogP contribution >= 0.6 is 0 Å². The van der Waals surface area contributed by atoms with Crippen molar-refractivity contribution in [1.82, 2.24) is 0 Å². The molecule has 1 atom stereocenters. The SMILES string of the molecule is N[C@H](c1ccccc1F)C(F)(F)CO.